The fourth-order valence-electron chi connectivity index (χ4n) is 2.14. The second-order valence-electron chi connectivity index (χ2n) is 4.71. The van der Waals surface area contributed by atoms with E-state index in [0.29, 0.717) is 6.04 Å². The van der Waals surface area contributed by atoms with E-state index in [0.717, 1.165) is 17.8 Å². The number of nitrogens with zero attached hydrogens (tertiary/aromatic N) is 2. The number of hydrogen-bond acceptors (Lipinski definition) is 3. The zero-order chi connectivity index (χ0) is 13.1. The zero-order valence-corrected chi connectivity index (χ0v) is 11.4. The van der Waals surface area contributed by atoms with Gasteiger partial charge in [-0.05, 0) is 36.4 Å². The van der Waals surface area contributed by atoms with Crippen molar-refractivity contribution >= 4 is 11.8 Å². The van der Waals surface area contributed by atoms with Crippen LogP contribution in [0.2, 0.25) is 0 Å². The zero-order valence-electron chi connectivity index (χ0n) is 10.6. The summed E-state index contributed by atoms with van der Waals surface area (Å²) in [5.41, 5.74) is 2.03. The van der Waals surface area contributed by atoms with E-state index in [9.17, 15) is 4.39 Å². The normalized spacial score (nSPS) is 18.9. The van der Waals surface area contributed by atoms with Gasteiger partial charge in [0.15, 0.2) is 0 Å². The molecule has 1 aromatic carbocycles. The topological polar surface area (TPSA) is 29.9 Å². The fourth-order valence-corrected chi connectivity index (χ4v) is 3.33. The summed E-state index contributed by atoms with van der Waals surface area (Å²) in [6.45, 7) is 0.840. The molecule has 0 spiro atoms. The lowest BCUT2D eigenvalue weighted by molar-refractivity contribution is 0.558. The van der Waals surface area contributed by atoms with Gasteiger partial charge in [-0.15, -0.1) is 0 Å². The number of nitrogens with one attached hydrogen (secondary N) is 1. The van der Waals surface area contributed by atoms with Crippen molar-refractivity contribution in [2.45, 2.75) is 19.0 Å². The highest BCUT2D eigenvalue weighted by Crippen LogP contribution is 2.17. The summed E-state index contributed by atoms with van der Waals surface area (Å²) in [5, 5.41) is 7.85. The van der Waals surface area contributed by atoms with Gasteiger partial charge in [0.25, 0.3) is 0 Å². The third-order valence-corrected chi connectivity index (χ3v) is 4.41. The van der Waals surface area contributed by atoms with Crippen LogP contribution in [0.15, 0.2) is 36.7 Å². The molecule has 1 aliphatic heterocycles. The van der Waals surface area contributed by atoms with E-state index < -0.39 is 0 Å². The summed E-state index contributed by atoms with van der Waals surface area (Å²) < 4.78 is 14.6. The van der Waals surface area contributed by atoms with Gasteiger partial charge in [0.1, 0.15) is 5.82 Å². The molecule has 1 saturated heterocycles. The lowest BCUT2D eigenvalue weighted by atomic mass is 10.2. The average molecular weight is 277 g/mol. The maximum Gasteiger partial charge on any atom is 0.123 e. The Kier molecular flexibility index (Phi) is 3.84. The minimum Gasteiger partial charge on any atom is -0.309 e. The molecule has 0 radical (unpaired) electrons. The minimum absolute atomic E-state index is 0.225. The fraction of sp³-hybridized carbons (Fsp3) is 0.357. The van der Waals surface area contributed by atoms with E-state index in [1.54, 1.807) is 16.8 Å². The Morgan fingerprint density at radius 3 is 2.95 bits per heavy atom. The average Bonchev–Trinajstić information content (AvgIpc) is 3.09. The first-order valence-corrected chi connectivity index (χ1v) is 7.57. The van der Waals surface area contributed by atoms with Crippen molar-refractivity contribution < 1.29 is 4.39 Å². The number of hydrogen-bond donors (Lipinski definition) is 1. The van der Waals surface area contributed by atoms with Gasteiger partial charge in [-0.3, -0.25) is 0 Å². The Labute approximate surface area is 116 Å². The van der Waals surface area contributed by atoms with Crippen LogP contribution >= 0.6 is 11.8 Å². The first-order valence-electron chi connectivity index (χ1n) is 6.42. The summed E-state index contributed by atoms with van der Waals surface area (Å²) >= 11 is 2.00. The largest absolute Gasteiger partial charge is 0.309 e. The number of thioether (sulfide) groups is 1. The van der Waals surface area contributed by atoms with E-state index in [4.69, 9.17) is 0 Å². The molecule has 0 unspecified atom stereocenters. The molecule has 19 heavy (non-hydrogen) atoms. The maximum atomic E-state index is 12.9. The molecule has 1 atom stereocenters. The van der Waals surface area contributed by atoms with Crippen LogP contribution < -0.4 is 5.32 Å². The van der Waals surface area contributed by atoms with Crippen molar-refractivity contribution in [1.29, 1.82) is 0 Å². The van der Waals surface area contributed by atoms with E-state index in [1.165, 1.54) is 30.1 Å². The summed E-state index contributed by atoms with van der Waals surface area (Å²) in [5.74, 6) is 2.23. The van der Waals surface area contributed by atoms with Gasteiger partial charge >= 0.3 is 0 Å². The molecule has 0 bridgehead atoms. The second-order valence-corrected chi connectivity index (χ2v) is 5.86. The molecule has 5 heteroatoms. The van der Waals surface area contributed by atoms with Crippen molar-refractivity contribution in [3.8, 4) is 5.69 Å². The maximum absolute atomic E-state index is 12.9. The van der Waals surface area contributed by atoms with E-state index in [1.807, 2.05) is 24.2 Å². The van der Waals surface area contributed by atoms with Crippen LogP contribution in [0.25, 0.3) is 5.69 Å². The van der Waals surface area contributed by atoms with Crippen molar-refractivity contribution in [1.82, 2.24) is 15.1 Å². The molecule has 1 aliphatic rings. The predicted octanol–water partition coefficient (Wildman–Crippen LogP) is 2.61. The molecule has 0 saturated carbocycles. The molecule has 1 aromatic heterocycles. The van der Waals surface area contributed by atoms with Gasteiger partial charge in [-0.25, -0.2) is 9.07 Å². The van der Waals surface area contributed by atoms with Crippen LogP contribution in [-0.2, 0) is 6.54 Å². The molecule has 1 N–H and O–H groups in total. The van der Waals surface area contributed by atoms with Crippen LogP contribution in [0.4, 0.5) is 4.39 Å². The third-order valence-electron chi connectivity index (χ3n) is 3.25. The lowest BCUT2D eigenvalue weighted by Gasteiger charge is -2.09. The molecule has 100 valence electrons. The van der Waals surface area contributed by atoms with Gasteiger partial charge in [0.05, 0.1) is 11.9 Å². The predicted molar refractivity (Wildman–Crippen MR) is 76.1 cm³/mol. The summed E-state index contributed by atoms with van der Waals surface area (Å²) in [6.07, 6.45) is 5.09. The Bertz CT molecular complexity index is 532. The van der Waals surface area contributed by atoms with Crippen LogP contribution in [0.3, 0.4) is 0 Å². The molecule has 2 heterocycles. The SMILES string of the molecule is Fc1ccc(-n2cc(CN[C@H]3CCSC3)cn2)cc1. The molecule has 3 nitrogen and oxygen atoms in total. The molecule has 0 aliphatic carbocycles. The van der Waals surface area contributed by atoms with Crippen LogP contribution in [0.5, 0.6) is 0 Å². The monoisotopic (exact) mass is 277 g/mol. The Morgan fingerprint density at radius 1 is 1.37 bits per heavy atom. The number of benzene rings is 1. The van der Waals surface area contributed by atoms with Crippen molar-refractivity contribution in [3.05, 3.63) is 48.0 Å². The van der Waals surface area contributed by atoms with Gasteiger partial charge in [0, 0.05) is 30.1 Å². The highest BCUT2D eigenvalue weighted by atomic mass is 32.2. The minimum atomic E-state index is -0.225. The van der Waals surface area contributed by atoms with E-state index >= 15 is 0 Å². The van der Waals surface area contributed by atoms with Crippen molar-refractivity contribution in [3.63, 3.8) is 0 Å². The molecule has 0 amide bonds. The first kappa shape index (κ1) is 12.7. The summed E-state index contributed by atoms with van der Waals surface area (Å²) in [4.78, 5) is 0. The van der Waals surface area contributed by atoms with Gasteiger partial charge in [0.2, 0.25) is 0 Å². The van der Waals surface area contributed by atoms with Crippen LogP contribution in [0.1, 0.15) is 12.0 Å². The van der Waals surface area contributed by atoms with E-state index in [2.05, 4.69) is 10.4 Å². The van der Waals surface area contributed by atoms with E-state index in [-0.39, 0.29) is 5.82 Å². The van der Waals surface area contributed by atoms with Gasteiger partial charge < -0.3 is 5.32 Å². The molecule has 2 aromatic rings. The standard InChI is InChI=1S/C14H16FN3S/c15-12-1-3-14(4-2-12)18-9-11(8-17-18)7-16-13-5-6-19-10-13/h1-4,8-9,13,16H,5-7,10H2/t13-/m0/s1. The van der Waals surface area contributed by atoms with Crippen LogP contribution in [-0.4, -0.2) is 27.3 Å². The van der Waals surface area contributed by atoms with Crippen LogP contribution in [0, 0.1) is 5.82 Å². The Balaban J connectivity index is 1.63. The lowest BCUT2D eigenvalue weighted by Crippen LogP contribution is -2.27. The Morgan fingerprint density at radius 2 is 2.21 bits per heavy atom. The first-order chi connectivity index (χ1) is 9.31. The quantitative estimate of drug-likeness (QED) is 0.931. The highest BCUT2D eigenvalue weighted by molar-refractivity contribution is 7.99. The van der Waals surface area contributed by atoms with Gasteiger partial charge in [-0.1, -0.05) is 0 Å². The van der Waals surface area contributed by atoms with Crippen molar-refractivity contribution in [2.24, 2.45) is 0 Å². The molecule has 3 rings (SSSR count). The molecular weight excluding hydrogens is 261 g/mol. The van der Waals surface area contributed by atoms with Gasteiger partial charge in [-0.2, -0.15) is 16.9 Å². The third kappa shape index (κ3) is 3.16. The summed E-state index contributed by atoms with van der Waals surface area (Å²) in [6, 6.07) is 6.98. The highest BCUT2D eigenvalue weighted by Gasteiger charge is 2.14. The Hall–Kier alpha value is -1.33. The number of halogens is 1. The molecular formula is C14H16FN3S. The molecule has 1 fully saturated rings. The number of aromatic nitrogens is 2. The summed E-state index contributed by atoms with van der Waals surface area (Å²) in [7, 11) is 0. The number of rotatable bonds is 4. The smallest absolute Gasteiger partial charge is 0.123 e. The second kappa shape index (κ2) is 5.75. The van der Waals surface area contributed by atoms with Crippen molar-refractivity contribution in [2.75, 3.05) is 11.5 Å².